The number of amides is 3. The Morgan fingerprint density at radius 3 is 2.36 bits per heavy atom. The molecule has 0 bridgehead atoms. The molecule has 1 aromatic carbocycles. The first-order valence-corrected chi connectivity index (χ1v) is 10.8. The first-order valence-electron chi connectivity index (χ1n) is 10.8. The molecule has 3 amide bonds. The topological polar surface area (TPSA) is 132 Å². The maximum atomic E-state index is 14.5. The lowest BCUT2D eigenvalue weighted by Crippen LogP contribution is -2.54. The van der Waals surface area contributed by atoms with Crippen LogP contribution >= 0.6 is 0 Å². The second-order valence-corrected chi connectivity index (χ2v) is 9.49. The molecule has 1 atom stereocenters. The van der Waals surface area contributed by atoms with Crippen LogP contribution in [0.2, 0.25) is 0 Å². The summed E-state index contributed by atoms with van der Waals surface area (Å²) in [5, 5.41) is 22.5. The van der Waals surface area contributed by atoms with Gasteiger partial charge in [0, 0.05) is 16.7 Å². The Hall–Kier alpha value is -3.01. The SMILES string of the molecule is CC1(C(=O)NC(=N)C2=C(N)C(C)(C)N(C(=O)NC(c3ccccc3)C(F)(F)CO)C2)CCC1. The van der Waals surface area contributed by atoms with E-state index >= 15 is 0 Å². The Morgan fingerprint density at radius 1 is 1.24 bits per heavy atom. The summed E-state index contributed by atoms with van der Waals surface area (Å²) in [7, 11) is 0. The van der Waals surface area contributed by atoms with E-state index in [-0.39, 0.29) is 35.1 Å². The molecule has 1 fully saturated rings. The van der Waals surface area contributed by atoms with Crippen LogP contribution in [0.25, 0.3) is 0 Å². The lowest BCUT2D eigenvalue weighted by molar-refractivity contribution is -0.132. The van der Waals surface area contributed by atoms with E-state index in [0.717, 1.165) is 19.3 Å². The minimum atomic E-state index is -3.61. The number of nitrogens with two attached hydrogens (primary N) is 1. The van der Waals surface area contributed by atoms with Gasteiger partial charge in [0.2, 0.25) is 5.91 Å². The van der Waals surface area contributed by atoms with Crippen LogP contribution in [0.15, 0.2) is 41.6 Å². The van der Waals surface area contributed by atoms with Gasteiger partial charge in [-0.05, 0) is 32.3 Å². The van der Waals surface area contributed by atoms with Gasteiger partial charge in [0.05, 0.1) is 12.1 Å². The van der Waals surface area contributed by atoms with Gasteiger partial charge in [0.15, 0.2) is 0 Å². The normalized spacial score (nSPS) is 20.1. The summed E-state index contributed by atoms with van der Waals surface area (Å²) < 4.78 is 29.0. The molecule has 33 heavy (non-hydrogen) atoms. The van der Waals surface area contributed by atoms with Crippen molar-refractivity contribution in [3.05, 3.63) is 47.2 Å². The molecule has 1 aromatic rings. The zero-order valence-corrected chi connectivity index (χ0v) is 19.0. The zero-order valence-electron chi connectivity index (χ0n) is 19.0. The highest BCUT2D eigenvalue weighted by Gasteiger charge is 2.47. The highest BCUT2D eigenvalue weighted by molar-refractivity contribution is 6.09. The molecule has 2 aliphatic rings. The second kappa shape index (κ2) is 8.74. The third-order valence-electron chi connectivity index (χ3n) is 6.80. The number of hydrogen-bond acceptors (Lipinski definition) is 5. The molecular formula is C23H31F2N5O3. The molecular weight excluding hydrogens is 432 g/mol. The van der Waals surface area contributed by atoms with Gasteiger partial charge in [-0.15, -0.1) is 0 Å². The predicted octanol–water partition coefficient (Wildman–Crippen LogP) is 2.66. The van der Waals surface area contributed by atoms with E-state index in [1.165, 1.54) is 17.0 Å². The number of benzene rings is 1. The standard InChI is InChI=1S/C23H31F2N5O3/c1-21(2)16(26)15(18(27)29-19(32)22(3)10-7-11-22)12-30(21)20(33)28-17(23(24,25)13-31)14-8-5-4-6-9-14/h4-6,8-9,17,31H,7,10-13,26H2,1-3H3,(H,28,33)(H2,27,29,32). The van der Waals surface area contributed by atoms with Crippen molar-refractivity contribution in [3.63, 3.8) is 0 Å². The summed E-state index contributed by atoms with van der Waals surface area (Å²) in [5.41, 5.74) is 5.23. The fourth-order valence-electron chi connectivity index (χ4n) is 4.14. The van der Waals surface area contributed by atoms with Crippen LogP contribution in [-0.4, -0.2) is 52.4 Å². The smallest absolute Gasteiger partial charge is 0.319 e. The molecule has 8 nitrogen and oxygen atoms in total. The number of rotatable bonds is 6. The maximum Gasteiger partial charge on any atom is 0.319 e. The predicted molar refractivity (Wildman–Crippen MR) is 120 cm³/mol. The molecule has 1 aliphatic heterocycles. The maximum absolute atomic E-state index is 14.5. The molecule has 6 N–H and O–H groups in total. The van der Waals surface area contributed by atoms with Crippen LogP contribution in [-0.2, 0) is 4.79 Å². The van der Waals surface area contributed by atoms with Gasteiger partial charge in [-0.25, -0.2) is 13.6 Å². The summed E-state index contributed by atoms with van der Waals surface area (Å²) in [4.78, 5) is 26.9. The fraction of sp³-hybridized carbons (Fsp3) is 0.522. The van der Waals surface area contributed by atoms with E-state index in [0.29, 0.717) is 0 Å². The molecule has 180 valence electrons. The Kier molecular flexibility index (Phi) is 6.52. The van der Waals surface area contributed by atoms with E-state index in [9.17, 15) is 23.5 Å². The third-order valence-corrected chi connectivity index (χ3v) is 6.80. The van der Waals surface area contributed by atoms with Gasteiger partial charge in [-0.2, -0.15) is 0 Å². The van der Waals surface area contributed by atoms with Crippen LogP contribution < -0.4 is 16.4 Å². The molecule has 10 heteroatoms. The van der Waals surface area contributed by atoms with Gasteiger partial charge >= 0.3 is 6.03 Å². The van der Waals surface area contributed by atoms with Crippen molar-refractivity contribution in [2.75, 3.05) is 13.2 Å². The number of hydrogen-bond donors (Lipinski definition) is 5. The molecule has 0 radical (unpaired) electrons. The zero-order chi connectivity index (χ0) is 24.6. The Morgan fingerprint density at radius 2 is 1.85 bits per heavy atom. The molecule has 1 saturated carbocycles. The van der Waals surface area contributed by atoms with E-state index in [1.807, 2.05) is 6.92 Å². The third kappa shape index (κ3) is 4.57. The fourth-order valence-corrected chi connectivity index (χ4v) is 4.14. The van der Waals surface area contributed by atoms with Crippen LogP contribution in [0.3, 0.4) is 0 Å². The minimum Gasteiger partial charge on any atom is -0.400 e. The quantitative estimate of drug-likeness (QED) is 0.328. The highest BCUT2D eigenvalue weighted by atomic mass is 19.3. The van der Waals surface area contributed by atoms with Crippen LogP contribution in [0, 0.1) is 10.8 Å². The summed E-state index contributed by atoms with van der Waals surface area (Å²) >= 11 is 0. The average molecular weight is 464 g/mol. The van der Waals surface area contributed by atoms with E-state index in [1.54, 1.807) is 32.0 Å². The van der Waals surface area contributed by atoms with Crippen LogP contribution in [0.4, 0.5) is 13.6 Å². The van der Waals surface area contributed by atoms with Crippen molar-refractivity contribution in [2.45, 2.75) is 57.5 Å². The van der Waals surface area contributed by atoms with E-state index in [4.69, 9.17) is 11.1 Å². The van der Waals surface area contributed by atoms with Crippen molar-refractivity contribution in [1.29, 1.82) is 5.41 Å². The van der Waals surface area contributed by atoms with Crippen molar-refractivity contribution in [1.82, 2.24) is 15.5 Å². The van der Waals surface area contributed by atoms with E-state index in [2.05, 4.69) is 10.6 Å². The number of urea groups is 1. The number of aliphatic hydroxyl groups is 1. The van der Waals surface area contributed by atoms with Crippen molar-refractivity contribution in [3.8, 4) is 0 Å². The summed E-state index contributed by atoms with van der Waals surface area (Å²) in [6.07, 6.45) is 2.42. The van der Waals surface area contributed by atoms with Crippen molar-refractivity contribution < 1.29 is 23.5 Å². The molecule has 0 aromatic heterocycles. The lowest BCUT2D eigenvalue weighted by Gasteiger charge is -2.36. The number of amidine groups is 1. The van der Waals surface area contributed by atoms with Gasteiger partial charge in [0.25, 0.3) is 5.92 Å². The largest absolute Gasteiger partial charge is 0.400 e. The number of aliphatic hydroxyl groups excluding tert-OH is 1. The number of carbonyl (C=O) groups excluding carboxylic acids is 2. The van der Waals surface area contributed by atoms with Gasteiger partial charge in [0.1, 0.15) is 18.5 Å². The molecule has 0 spiro atoms. The molecule has 3 rings (SSSR count). The summed E-state index contributed by atoms with van der Waals surface area (Å²) in [5.74, 6) is -4.08. The highest BCUT2D eigenvalue weighted by Crippen LogP contribution is 2.40. The number of carbonyl (C=O) groups is 2. The monoisotopic (exact) mass is 463 g/mol. The number of nitrogens with zero attached hydrogens (tertiary/aromatic N) is 1. The minimum absolute atomic E-state index is 0.132. The Balaban J connectivity index is 1.78. The number of nitrogens with one attached hydrogen (secondary N) is 3. The average Bonchev–Trinajstić information content (AvgIpc) is 2.99. The summed E-state index contributed by atoms with van der Waals surface area (Å²) in [6.45, 7) is 3.53. The second-order valence-electron chi connectivity index (χ2n) is 9.49. The van der Waals surface area contributed by atoms with Gasteiger partial charge < -0.3 is 26.4 Å². The molecule has 1 unspecified atom stereocenters. The van der Waals surface area contributed by atoms with E-state index < -0.39 is 35.6 Å². The van der Waals surface area contributed by atoms with Gasteiger partial charge in [-0.1, -0.05) is 43.7 Å². The van der Waals surface area contributed by atoms with Crippen LogP contribution in [0.5, 0.6) is 0 Å². The molecule has 0 saturated heterocycles. The van der Waals surface area contributed by atoms with Gasteiger partial charge in [-0.3, -0.25) is 10.2 Å². The van der Waals surface area contributed by atoms with Crippen molar-refractivity contribution in [2.24, 2.45) is 11.1 Å². The lowest BCUT2D eigenvalue weighted by atomic mass is 9.70. The molecule has 1 heterocycles. The molecule has 1 aliphatic carbocycles. The first kappa shape index (κ1) is 24.6. The Labute approximate surface area is 191 Å². The van der Waals surface area contributed by atoms with Crippen LogP contribution in [0.1, 0.15) is 51.6 Å². The number of alkyl halides is 2. The summed E-state index contributed by atoms with van der Waals surface area (Å²) in [6, 6.07) is 5.06. The first-order chi connectivity index (χ1) is 15.3. The number of halogens is 2. The Bertz CT molecular complexity index is 974. The van der Waals surface area contributed by atoms with Crippen molar-refractivity contribution >= 4 is 17.8 Å².